The van der Waals surface area contributed by atoms with E-state index in [0.717, 1.165) is 10.0 Å². The van der Waals surface area contributed by atoms with Gasteiger partial charge >= 0.3 is 6.18 Å². The normalized spacial score (nSPS) is 12.1. The number of benzene rings is 2. The number of nitrogens with one attached hydrogen (secondary N) is 1. The van der Waals surface area contributed by atoms with Gasteiger partial charge in [-0.15, -0.1) is 0 Å². The van der Waals surface area contributed by atoms with Gasteiger partial charge in [-0.25, -0.2) is 5.43 Å². The van der Waals surface area contributed by atoms with Crippen LogP contribution < -0.4 is 5.43 Å². The van der Waals surface area contributed by atoms with Gasteiger partial charge in [0.25, 0.3) is 5.91 Å². The lowest BCUT2D eigenvalue weighted by Gasteiger charge is -2.11. The van der Waals surface area contributed by atoms with Gasteiger partial charge in [0, 0.05) is 15.6 Å². The molecule has 23 heavy (non-hydrogen) atoms. The quantitative estimate of drug-likeness (QED) is 0.616. The third kappa shape index (κ3) is 4.66. The molecule has 0 heterocycles. The summed E-state index contributed by atoms with van der Waals surface area (Å²) in [5.74, 6) is -0.716. The highest BCUT2D eigenvalue weighted by atomic mass is 79.9. The van der Waals surface area contributed by atoms with Gasteiger partial charge in [0.15, 0.2) is 5.71 Å². The molecule has 2 rings (SSSR count). The van der Waals surface area contributed by atoms with Crippen molar-refractivity contribution >= 4 is 27.5 Å². The SMILES string of the molecule is Cc1ccc(/C(=N/NC(=O)c2ccc(Br)cc2)C(F)(F)F)cc1. The number of alkyl halides is 3. The summed E-state index contributed by atoms with van der Waals surface area (Å²) in [5, 5.41) is 3.27. The van der Waals surface area contributed by atoms with E-state index in [1.165, 1.54) is 24.3 Å². The highest BCUT2D eigenvalue weighted by molar-refractivity contribution is 9.10. The van der Waals surface area contributed by atoms with E-state index in [1.54, 1.807) is 31.2 Å². The highest BCUT2D eigenvalue weighted by Gasteiger charge is 2.37. The molecule has 0 aliphatic carbocycles. The third-order valence-corrected chi connectivity index (χ3v) is 3.50. The zero-order valence-electron chi connectivity index (χ0n) is 12.0. The van der Waals surface area contributed by atoms with E-state index in [9.17, 15) is 18.0 Å². The molecule has 0 spiro atoms. The topological polar surface area (TPSA) is 41.5 Å². The van der Waals surface area contributed by atoms with Crippen LogP contribution in [0, 0.1) is 6.92 Å². The zero-order chi connectivity index (χ0) is 17.0. The van der Waals surface area contributed by atoms with Gasteiger partial charge in [-0.2, -0.15) is 18.3 Å². The van der Waals surface area contributed by atoms with Crippen molar-refractivity contribution < 1.29 is 18.0 Å². The molecule has 0 saturated heterocycles. The average molecular weight is 385 g/mol. The van der Waals surface area contributed by atoms with Crippen LogP contribution >= 0.6 is 15.9 Å². The van der Waals surface area contributed by atoms with Gasteiger partial charge in [-0.1, -0.05) is 45.8 Å². The molecule has 0 aromatic heterocycles. The van der Waals surface area contributed by atoms with Crippen molar-refractivity contribution in [2.45, 2.75) is 13.1 Å². The van der Waals surface area contributed by atoms with Gasteiger partial charge in [0.2, 0.25) is 0 Å². The molecule has 0 aliphatic rings. The van der Waals surface area contributed by atoms with Crippen molar-refractivity contribution in [3.8, 4) is 0 Å². The van der Waals surface area contributed by atoms with Gasteiger partial charge in [-0.3, -0.25) is 4.79 Å². The molecule has 7 heteroatoms. The predicted molar refractivity (Wildman–Crippen MR) is 85.4 cm³/mol. The fraction of sp³-hybridized carbons (Fsp3) is 0.125. The molecule has 1 N–H and O–H groups in total. The monoisotopic (exact) mass is 384 g/mol. The summed E-state index contributed by atoms with van der Waals surface area (Å²) < 4.78 is 40.1. The minimum absolute atomic E-state index is 0.112. The van der Waals surface area contributed by atoms with Crippen LogP contribution in [0.4, 0.5) is 13.2 Å². The van der Waals surface area contributed by atoms with E-state index in [0.29, 0.717) is 0 Å². The minimum atomic E-state index is -4.68. The summed E-state index contributed by atoms with van der Waals surface area (Å²) in [6.45, 7) is 1.77. The number of halogens is 4. The van der Waals surface area contributed by atoms with Crippen molar-refractivity contribution in [2.75, 3.05) is 0 Å². The first-order chi connectivity index (χ1) is 10.8. The van der Waals surface area contributed by atoms with E-state index in [-0.39, 0.29) is 11.1 Å². The number of hydrogen-bond acceptors (Lipinski definition) is 2. The number of rotatable bonds is 3. The molecule has 0 saturated carbocycles. The molecular weight excluding hydrogens is 373 g/mol. The van der Waals surface area contributed by atoms with Crippen LogP contribution in [0.2, 0.25) is 0 Å². The van der Waals surface area contributed by atoms with Crippen LogP contribution in [0.1, 0.15) is 21.5 Å². The second-order valence-electron chi connectivity index (χ2n) is 4.77. The molecule has 1 amide bonds. The van der Waals surface area contributed by atoms with E-state index < -0.39 is 17.8 Å². The van der Waals surface area contributed by atoms with Gasteiger partial charge in [-0.05, 0) is 31.2 Å². The third-order valence-electron chi connectivity index (χ3n) is 2.97. The zero-order valence-corrected chi connectivity index (χ0v) is 13.6. The Bertz CT molecular complexity index is 722. The first-order valence-electron chi connectivity index (χ1n) is 6.55. The Kier molecular flexibility index (Phi) is 5.20. The summed E-state index contributed by atoms with van der Waals surface area (Å²) in [5.41, 5.74) is 1.73. The van der Waals surface area contributed by atoms with Crippen molar-refractivity contribution in [1.82, 2.24) is 5.43 Å². The lowest BCUT2D eigenvalue weighted by molar-refractivity contribution is -0.0583. The second kappa shape index (κ2) is 6.95. The number of hydrogen-bond donors (Lipinski definition) is 1. The number of nitrogens with zero attached hydrogens (tertiary/aromatic N) is 1. The summed E-state index contributed by atoms with van der Waals surface area (Å²) in [6.07, 6.45) is -4.68. The maximum Gasteiger partial charge on any atom is 0.435 e. The Morgan fingerprint density at radius 3 is 2.04 bits per heavy atom. The highest BCUT2D eigenvalue weighted by Crippen LogP contribution is 2.22. The van der Waals surface area contributed by atoms with Gasteiger partial charge in [0.1, 0.15) is 0 Å². The summed E-state index contributed by atoms with van der Waals surface area (Å²) in [7, 11) is 0. The molecule has 2 aromatic rings. The Balaban J connectivity index is 2.26. The van der Waals surface area contributed by atoms with Crippen molar-refractivity contribution in [1.29, 1.82) is 0 Å². The Hall–Kier alpha value is -2.15. The van der Waals surface area contributed by atoms with Crippen molar-refractivity contribution in [3.63, 3.8) is 0 Å². The standard InChI is InChI=1S/C16H12BrF3N2O/c1-10-2-4-11(5-3-10)14(16(18,19)20)21-22-15(23)12-6-8-13(17)9-7-12/h2-9H,1H3,(H,22,23)/b21-14-. The van der Waals surface area contributed by atoms with E-state index in [1.807, 2.05) is 5.43 Å². The molecule has 3 nitrogen and oxygen atoms in total. The van der Waals surface area contributed by atoms with Gasteiger partial charge < -0.3 is 0 Å². The lowest BCUT2D eigenvalue weighted by Crippen LogP contribution is -2.29. The Morgan fingerprint density at radius 1 is 1.00 bits per heavy atom. The number of carbonyl (C=O) groups excluding carboxylic acids is 1. The van der Waals surface area contributed by atoms with Crippen molar-refractivity contribution in [2.24, 2.45) is 5.10 Å². The van der Waals surface area contributed by atoms with Crippen LogP contribution in [-0.4, -0.2) is 17.8 Å². The smallest absolute Gasteiger partial charge is 0.267 e. The van der Waals surface area contributed by atoms with Crippen LogP contribution in [-0.2, 0) is 0 Å². The molecule has 0 atom stereocenters. The predicted octanol–water partition coefficient (Wildman–Crippen LogP) is 4.45. The van der Waals surface area contributed by atoms with E-state index in [4.69, 9.17) is 0 Å². The largest absolute Gasteiger partial charge is 0.435 e. The molecule has 0 radical (unpaired) electrons. The van der Waals surface area contributed by atoms with Crippen LogP contribution in [0.25, 0.3) is 0 Å². The Morgan fingerprint density at radius 2 is 1.52 bits per heavy atom. The summed E-state index contributed by atoms with van der Waals surface area (Å²) in [6, 6.07) is 11.9. The minimum Gasteiger partial charge on any atom is -0.267 e. The van der Waals surface area contributed by atoms with Gasteiger partial charge in [0.05, 0.1) is 0 Å². The molecular formula is C16H12BrF3N2O. The molecule has 0 fully saturated rings. The van der Waals surface area contributed by atoms with Crippen LogP contribution in [0.3, 0.4) is 0 Å². The van der Waals surface area contributed by atoms with Crippen LogP contribution in [0.5, 0.6) is 0 Å². The fourth-order valence-corrected chi connectivity index (χ4v) is 2.04. The first-order valence-corrected chi connectivity index (χ1v) is 7.34. The van der Waals surface area contributed by atoms with E-state index in [2.05, 4.69) is 21.0 Å². The molecule has 120 valence electrons. The fourth-order valence-electron chi connectivity index (χ4n) is 1.78. The Labute approximate surface area is 139 Å². The molecule has 0 aliphatic heterocycles. The summed E-state index contributed by atoms with van der Waals surface area (Å²) in [4.78, 5) is 11.9. The van der Waals surface area contributed by atoms with Crippen LogP contribution in [0.15, 0.2) is 58.1 Å². The number of hydrazone groups is 1. The van der Waals surface area contributed by atoms with E-state index >= 15 is 0 Å². The average Bonchev–Trinajstić information content (AvgIpc) is 2.48. The number of amides is 1. The second-order valence-corrected chi connectivity index (χ2v) is 5.69. The maximum atomic E-state index is 13.1. The molecule has 0 unspecified atom stereocenters. The summed E-state index contributed by atoms with van der Waals surface area (Å²) >= 11 is 3.21. The molecule has 0 bridgehead atoms. The number of aryl methyl sites for hydroxylation is 1. The molecule has 2 aromatic carbocycles. The maximum absolute atomic E-state index is 13.1. The van der Waals surface area contributed by atoms with Crippen molar-refractivity contribution in [3.05, 3.63) is 69.7 Å². The number of carbonyl (C=O) groups is 1. The lowest BCUT2D eigenvalue weighted by atomic mass is 10.1. The first kappa shape index (κ1) is 17.2.